The van der Waals surface area contributed by atoms with E-state index in [1.54, 1.807) is 6.92 Å². The fourth-order valence-corrected chi connectivity index (χ4v) is 4.56. The van der Waals surface area contributed by atoms with Gasteiger partial charge in [-0.1, -0.05) is 52.1 Å². The summed E-state index contributed by atoms with van der Waals surface area (Å²) in [6.45, 7) is 3.84. The van der Waals surface area contributed by atoms with Gasteiger partial charge in [-0.2, -0.15) is 0 Å². The molecule has 0 saturated carbocycles. The van der Waals surface area contributed by atoms with Crippen LogP contribution in [0.1, 0.15) is 33.1 Å². The minimum atomic E-state index is -2.83. The Morgan fingerprint density at radius 3 is 1.93 bits per heavy atom. The van der Waals surface area contributed by atoms with E-state index in [0.29, 0.717) is 5.75 Å². The lowest BCUT2D eigenvalue weighted by Crippen LogP contribution is -2.28. The molecule has 0 saturated heterocycles. The normalized spacial score (nSPS) is 13.1. The molecule has 92 valence electrons. The van der Waals surface area contributed by atoms with Crippen molar-refractivity contribution in [3.05, 3.63) is 0 Å². The van der Waals surface area contributed by atoms with Crippen molar-refractivity contribution < 1.29 is 8.42 Å². The summed E-state index contributed by atoms with van der Waals surface area (Å²) in [6, 6.07) is 0. The zero-order valence-electron chi connectivity index (χ0n) is 9.43. The Kier molecular flexibility index (Phi) is 7.72. The second kappa shape index (κ2) is 7.28. The van der Waals surface area contributed by atoms with Gasteiger partial charge in [-0.05, 0) is 18.3 Å². The van der Waals surface area contributed by atoms with E-state index in [9.17, 15) is 8.42 Å². The lowest BCUT2D eigenvalue weighted by Gasteiger charge is -2.29. The van der Waals surface area contributed by atoms with Gasteiger partial charge in [0.1, 0.15) is 9.84 Å². The van der Waals surface area contributed by atoms with Crippen LogP contribution in [0.15, 0.2) is 0 Å². The Morgan fingerprint density at radius 2 is 1.60 bits per heavy atom. The first-order chi connectivity index (χ1) is 6.95. The minimum absolute atomic E-state index is 0.0942. The molecule has 0 aliphatic heterocycles. The Bertz CT molecular complexity index is 259. The molecule has 0 rings (SSSR count). The molecule has 0 atom stereocenters. The summed E-state index contributed by atoms with van der Waals surface area (Å²) in [4.78, 5) is 0. The first kappa shape index (κ1) is 15.9. The summed E-state index contributed by atoms with van der Waals surface area (Å²) < 4.78 is 22.9. The topological polar surface area (TPSA) is 34.1 Å². The van der Waals surface area contributed by atoms with E-state index >= 15 is 0 Å². The van der Waals surface area contributed by atoms with Crippen LogP contribution in [0, 0.1) is 5.41 Å². The standard InChI is InChI=1S/C10H20Br2O2S/c1-3-5-10(8-11,9-12)6-7-15(13,14)4-2/h3-9H2,1-2H3. The third-order valence-corrected chi connectivity index (χ3v) is 6.82. The SMILES string of the molecule is CCCC(CBr)(CBr)CCS(=O)(=O)CC. The lowest BCUT2D eigenvalue weighted by molar-refractivity contribution is 0.341. The van der Waals surface area contributed by atoms with Crippen LogP contribution in [0.4, 0.5) is 0 Å². The van der Waals surface area contributed by atoms with Gasteiger partial charge in [0, 0.05) is 16.4 Å². The summed E-state index contributed by atoms with van der Waals surface area (Å²) in [5.74, 6) is 0.556. The van der Waals surface area contributed by atoms with Crippen molar-refractivity contribution in [1.29, 1.82) is 0 Å². The molecule has 0 spiro atoms. The van der Waals surface area contributed by atoms with Crippen LogP contribution < -0.4 is 0 Å². The van der Waals surface area contributed by atoms with Gasteiger partial charge in [-0.15, -0.1) is 0 Å². The largest absolute Gasteiger partial charge is 0.229 e. The Hall–Kier alpha value is 0.910. The van der Waals surface area contributed by atoms with Crippen molar-refractivity contribution in [2.75, 3.05) is 22.2 Å². The van der Waals surface area contributed by atoms with Gasteiger partial charge in [-0.3, -0.25) is 0 Å². The summed E-state index contributed by atoms with van der Waals surface area (Å²) >= 11 is 7.00. The van der Waals surface area contributed by atoms with E-state index in [-0.39, 0.29) is 11.2 Å². The maximum absolute atomic E-state index is 11.5. The predicted molar refractivity (Wildman–Crippen MR) is 73.9 cm³/mol. The maximum atomic E-state index is 11.5. The maximum Gasteiger partial charge on any atom is 0.150 e. The summed E-state index contributed by atoms with van der Waals surface area (Å²) in [5.41, 5.74) is 0.0942. The molecule has 0 aromatic carbocycles. The smallest absolute Gasteiger partial charge is 0.150 e. The molecular weight excluding hydrogens is 344 g/mol. The molecule has 0 aliphatic carbocycles. The Balaban J connectivity index is 4.42. The van der Waals surface area contributed by atoms with Crippen molar-refractivity contribution in [3.8, 4) is 0 Å². The molecule has 5 heteroatoms. The molecule has 0 aromatic rings. The fraction of sp³-hybridized carbons (Fsp3) is 1.00. The summed E-state index contributed by atoms with van der Waals surface area (Å²) in [7, 11) is -2.83. The van der Waals surface area contributed by atoms with Gasteiger partial charge in [0.25, 0.3) is 0 Å². The lowest BCUT2D eigenvalue weighted by atomic mass is 9.85. The van der Waals surface area contributed by atoms with E-state index in [1.807, 2.05) is 0 Å². The zero-order valence-corrected chi connectivity index (χ0v) is 13.4. The summed E-state index contributed by atoms with van der Waals surface area (Å²) in [5, 5.41) is 1.72. The van der Waals surface area contributed by atoms with E-state index < -0.39 is 9.84 Å². The van der Waals surface area contributed by atoms with Crippen LogP contribution >= 0.6 is 31.9 Å². The van der Waals surface area contributed by atoms with Crippen molar-refractivity contribution in [3.63, 3.8) is 0 Å². The van der Waals surface area contributed by atoms with Crippen LogP contribution in [-0.4, -0.2) is 30.6 Å². The predicted octanol–water partition coefficient (Wildman–Crippen LogP) is 3.39. The van der Waals surface area contributed by atoms with Crippen molar-refractivity contribution >= 4 is 41.7 Å². The van der Waals surface area contributed by atoms with E-state index in [4.69, 9.17) is 0 Å². The van der Waals surface area contributed by atoms with E-state index in [0.717, 1.165) is 29.9 Å². The quantitative estimate of drug-likeness (QED) is 0.619. The van der Waals surface area contributed by atoms with Crippen LogP contribution in [0.3, 0.4) is 0 Å². The highest BCUT2D eigenvalue weighted by molar-refractivity contribution is 9.09. The molecule has 0 heterocycles. The molecule has 0 aliphatic rings. The third kappa shape index (κ3) is 5.68. The third-order valence-electron chi connectivity index (χ3n) is 2.73. The second-order valence-corrected chi connectivity index (χ2v) is 7.60. The first-order valence-corrected chi connectivity index (χ1v) is 9.34. The number of hydrogen-bond donors (Lipinski definition) is 0. The highest BCUT2D eigenvalue weighted by Crippen LogP contribution is 2.33. The van der Waals surface area contributed by atoms with Crippen LogP contribution in [0.5, 0.6) is 0 Å². The van der Waals surface area contributed by atoms with Crippen LogP contribution in [0.25, 0.3) is 0 Å². The van der Waals surface area contributed by atoms with Gasteiger partial charge >= 0.3 is 0 Å². The van der Waals surface area contributed by atoms with Crippen LogP contribution in [-0.2, 0) is 9.84 Å². The molecule has 0 amide bonds. The van der Waals surface area contributed by atoms with Crippen molar-refractivity contribution in [2.24, 2.45) is 5.41 Å². The molecular formula is C10H20Br2O2S. The Labute approximate surface area is 110 Å². The number of halogens is 2. The minimum Gasteiger partial charge on any atom is -0.229 e. The van der Waals surface area contributed by atoms with E-state index in [1.165, 1.54) is 0 Å². The van der Waals surface area contributed by atoms with Crippen LogP contribution in [0.2, 0.25) is 0 Å². The van der Waals surface area contributed by atoms with Gasteiger partial charge in [0.15, 0.2) is 0 Å². The molecule has 0 bridgehead atoms. The zero-order chi connectivity index (χ0) is 11.9. The molecule has 0 radical (unpaired) electrons. The highest BCUT2D eigenvalue weighted by atomic mass is 79.9. The monoisotopic (exact) mass is 362 g/mol. The summed E-state index contributed by atoms with van der Waals surface area (Å²) in [6.07, 6.45) is 2.89. The highest BCUT2D eigenvalue weighted by Gasteiger charge is 2.28. The molecule has 0 fully saturated rings. The number of hydrogen-bond acceptors (Lipinski definition) is 2. The van der Waals surface area contributed by atoms with Crippen molar-refractivity contribution in [1.82, 2.24) is 0 Å². The van der Waals surface area contributed by atoms with Gasteiger partial charge in [-0.25, -0.2) is 8.42 Å². The number of alkyl halides is 2. The van der Waals surface area contributed by atoms with E-state index in [2.05, 4.69) is 38.8 Å². The second-order valence-electron chi connectivity index (χ2n) is 4.00. The molecule has 2 nitrogen and oxygen atoms in total. The molecule has 0 aromatic heterocycles. The van der Waals surface area contributed by atoms with Crippen molar-refractivity contribution in [2.45, 2.75) is 33.1 Å². The average molecular weight is 364 g/mol. The molecule has 0 unspecified atom stereocenters. The average Bonchev–Trinajstić information content (AvgIpc) is 2.24. The first-order valence-electron chi connectivity index (χ1n) is 5.27. The molecule has 0 N–H and O–H groups in total. The van der Waals surface area contributed by atoms with Gasteiger partial charge in [0.2, 0.25) is 0 Å². The van der Waals surface area contributed by atoms with Gasteiger partial charge < -0.3 is 0 Å². The number of rotatable bonds is 8. The Morgan fingerprint density at radius 1 is 1.07 bits per heavy atom. The molecule has 15 heavy (non-hydrogen) atoms. The number of sulfone groups is 1. The fourth-order valence-electron chi connectivity index (χ4n) is 1.47. The van der Waals surface area contributed by atoms with Gasteiger partial charge in [0.05, 0.1) is 5.75 Å².